The van der Waals surface area contributed by atoms with Crippen LogP contribution in [0.2, 0.25) is 0 Å². The van der Waals surface area contributed by atoms with E-state index in [1.807, 2.05) is 42.3 Å². The summed E-state index contributed by atoms with van der Waals surface area (Å²) in [7, 11) is 1.99. The fourth-order valence-corrected chi connectivity index (χ4v) is 5.19. The Labute approximate surface area is 215 Å². The molecular weight excluding hydrogens is 452 g/mol. The highest BCUT2D eigenvalue weighted by molar-refractivity contribution is 5.88. The van der Waals surface area contributed by atoms with Gasteiger partial charge in [-0.3, -0.25) is 9.59 Å². The van der Waals surface area contributed by atoms with Crippen LogP contribution in [0.4, 0.5) is 0 Å². The van der Waals surface area contributed by atoms with E-state index in [0.717, 1.165) is 37.9 Å². The number of hydrogen-bond acceptors (Lipinski definition) is 5. The van der Waals surface area contributed by atoms with Crippen molar-refractivity contribution in [3.05, 3.63) is 71.5 Å². The van der Waals surface area contributed by atoms with Crippen LogP contribution in [0.25, 0.3) is 0 Å². The maximum atomic E-state index is 13.6. The molecule has 0 radical (unpaired) electrons. The zero-order valence-corrected chi connectivity index (χ0v) is 21.7. The summed E-state index contributed by atoms with van der Waals surface area (Å²) in [6.45, 7) is 6.44. The molecule has 1 aromatic carbocycles. The number of nitrogens with one attached hydrogen (secondary N) is 2. The molecule has 1 spiro atoms. The van der Waals surface area contributed by atoms with Gasteiger partial charge >= 0.3 is 0 Å². The number of carbonyl (C=O) groups is 2. The van der Waals surface area contributed by atoms with Gasteiger partial charge in [-0.25, -0.2) is 0 Å². The Morgan fingerprint density at radius 2 is 1.92 bits per heavy atom. The van der Waals surface area contributed by atoms with E-state index >= 15 is 0 Å². The number of ether oxygens (including phenoxy) is 1. The number of carbonyl (C=O) groups excluding carboxylic acids is 2. The molecule has 194 valence electrons. The second-order valence-electron chi connectivity index (χ2n) is 10.1. The zero-order chi connectivity index (χ0) is 25.4. The molecule has 1 aliphatic carbocycles. The van der Waals surface area contributed by atoms with Crippen molar-refractivity contribution < 1.29 is 14.3 Å². The predicted octanol–water partition coefficient (Wildman–Crippen LogP) is 3.01. The molecule has 4 rings (SSSR count). The van der Waals surface area contributed by atoms with Crippen molar-refractivity contribution in [2.45, 2.75) is 45.3 Å². The highest BCUT2D eigenvalue weighted by Gasteiger charge is 2.43. The fraction of sp³-hybridized carbons (Fsp3) is 0.517. The van der Waals surface area contributed by atoms with Gasteiger partial charge in [0, 0.05) is 43.7 Å². The highest BCUT2D eigenvalue weighted by Crippen LogP contribution is 2.44. The van der Waals surface area contributed by atoms with Crippen LogP contribution in [0.3, 0.4) is 0 Å². The van der Waals surface area contributed by atoms with Crippen LogP contribution >= 0.6 is 0 Å². The summed E-state index contributed by atoms with van der Waals surface area (Å²) in [4.78, 5) is 30.3. The van der Waals surface area contributed by atoms with Gasteiger partial charge in [-0.2, -0.15) is 0 Å². The van der Waals surface area contributed by atoms with Gasteiger partial charge in [0.25, 0.3) is 0 Å². The van der Waals surface area contributed by atoms with E-state index in [-0.39, 0.29) is 23.8 Å². The molecule has 2 N–H and O–H groups in total. The number of amides is 2. The van der Waals surface area contributed by atoms with Crippen LogP contribution in [0.1, 0.15) is 38.2 Å². The van der Waals surface area contributed by atoms with Gasteiger partial charge in [0.1, 0.15) is 6.04 Å². The van der Waals surface area contributed by atoms with Gasteiger partial charge in [-0.15, -0.1) is 0 Å². The SMILES string of the molecule is CCN(C)CCC(=O)NC(COCc1ccccc1)C(=O)N1CCC2(CC1)CNC1=C2C=CCC=C1. The van der Waals surface area contributed by atoms with Crippen molar-refractivity contribution in [1.29, 1.82) is 0 Å². The first-order valence-corrected chi connectivity index (χ1v) is 13.2. The van der Waals surface area contributed by atoms with E-state index in [2.05, 4.69) is 46.8 Å². The van der Waals surface area contributed by atoms with E-state index < -0.39 is 6.04 Å². The Balaban J connectivity index is 1.37. The van der Waals surface area contributed by atoms with Gasteiger partial charge in [0.2, 0.25) is 11.8 Å². The van der Waals surface area contributed by atoms with E-state index in [9.17, 15) is 9.59 Å². The summed E-state index contributed by atoms with van der Waals surface area (Å²) in [6.07, 6.45) is 12.0. The van der Waals surface area contributed by atoms with Crippen LogP contribution in [0.15, 0.2) is 65.9 Å². The molecule has 0 saturated carbocycles. The molecule has 36 heavy (non-hydrogen) atoms. The summed E-state index contributed by atoms with van der Waals surface area (Å²) in [6, 6.07) is 9.21. The summed E-state index contributed by atoms with van der Waals surface area (Å²) in [5, 5.41) is 6.55. The van der Waals surface area contributed by atoms with E-state index in [0.29, 0.717) is 32.7 Å². The summed E-state index contributed by atoms with van der Waals surface area (Å²) < 4.78 is 5.91. The second-order valence-corrected chi connectivity index (χ2v) is 10.1. The standard InChI is InChI=1S/C29H40N4O3/c1-3-32(2)17-14-27(34)31-26(21-36-20-23-10-6-4-7-11-23)28(35)33-18-15-29(16-19-33)22-30-25-13-9-5-8-12-24(25)29/h4,6-13,26,30H,3,5,14-22H2,1-2H3,(H,31,34). The lowest BCUT2D eigenvalue weighted by Crippen LogP contribution is -2.54. The number of piperidine rings is 1. The first kappa shape index (κ1) is 26.2. The van der Waals surface area contributed by atoms with Crippen LogP contribution in [0.5, 0.6) is 0 Å². The molecule has 2 amide bonds. The monoisotopic (exact) mass is 492 g/mol. The Hall–Kier alpha value is -2.90. The van der Waals surface area contributed by atoms with E-state index in [1.165, 1.54) is 11.3 Å². The molecule has 3 aliphatic rings. The topological polar surface area (TPSA) is 73.9 Å². The van der Waals surface area contributed by atoms with Crippen molar-refractivity contribution in [2.24, 2.45) is 5.41 Å². The molecule has 0 bridgehead atoms. The molecule has 2 heterocycles. The van der Waals surface area contributed by atoms with E-state index in [4.69, 9.17) is 4.74 Å². The smallest absolute Gasteiger partial charge is 0.247 e. The van der Waals surface area contributed by atoms with Crippen molar-refractivity contribution in [1.82, 2.24) is 20.4 Å². The molecule has 1 fully saturated rings. The Kier molecular flexibility index (Phi) is 8.99. The van der Waals surface area contributed by atoms with Crippen LogP contribution in [-0.2, 0) is 20.9 Å². The minimum Gasteiger partial charge on any atom is -0.384 e. The lowest BCUT2D eigenvalue weighted by molar-refractivity contribution is -0.140. The Bertz CT molecular complexity index is 993. The van der Waals surface area contributed by atoms with Crippen molar-refractivity contribution in [3.8, 4) is 0 Å². The first-order chi connectivity index (χ1) is 17.5. The third kappa shape index (κ3) is 6.45. The van der Waals surface area contributed by atoms with Gasteiger partial charge in [0.15, 0.2) is 0 Å². The molecule has 1 saturated heterocycles. The average molecular weight is 493 g/mol. The van der Waals surface area contributed by atoms with Crippen molar-refractivity contribution >= 4 is 11.8 Å². The number of fused-ring (bicyclic) bond motifs is 1. The quantitative estimate of drug-likeness (QED) is 0.525. The number of rotatable bonds is 10. The van der Waals surface area contributed by atoms with Gasteiger partial charge in [0.05, 0.1) is 13.2 Å². The van der Waals surface area contributed by atoms with Gasteiger partial charge < -0.3 is 25.2 Å². The summed E-state index contributed by atoms with van der Waals surface area (Å²) in [5.41, 5.74) is 3.72. The Morgan fingerprint density at radius 1 is 1.17 bits per heavy atom. The molecular formula is C29H40N4O3. The largest absolute Gasteiger partial charge is 0.384 e. The maximum absolute atomic E-state index is 13.6. The normalized spacial score (nSPS) is 19.2. The number of allylic oxidation sites excluding steroid dienone is 4. The number of nitrogens with zero attached hydrogens (tertiary/aromatic N) is 2. The summed E-state index contributed by atoms with van der Waals surface area (Å²) >= 11 is 0. The number of benzene rings is 1. The average Bonchev–Trinajstić information content (AvgIpc) is 3.07. The molecule has 1 atom stereocenters. The molecule has 1 unspecified atom stereocenters. The number of hydrogen-bond donors (Lipinski definition) is 2. The van der Waals surface area contributed by atoms with Crippen LogP contribution in [-0.4, -0.2) is 74.0 Å². The highest BCUT2D eigenvalue weighted by atomic mass is 16.5. The third-order valence-corrected chi connectivity index (χ3v) is 7.64. The number of likely N-dealkylation sites (tertiary alicyclic amines) is 1. The third-order valence-electron chi connectivity index (χ3n) is 7.64. The van der Waals surface area contributed by atoms with Gasteiger partial charge in [-0.1, -0.05) is 55.5 Å². The first-order valence-electron chi connectivity index (χ1n) is 13.2. The Morgan fingerprint density at radius 3 is 2.67 bits per heavy atom. The minimum absolute atomic E-state index is 0.0495. The summed E-state index contributed by atoms with van der Waals surface area (Å²) in [5.74, 6) is -0.165. The lowest BCUT2D eigenvalue weighted by Gasteiger charge is -2.41. The maximum Gasteiger partial charge on any atom is 0.247 e. The van der Waals surface area contributed by atoms with E-state index in [1.54, 1.807) is 0 Å². The van der Waals surface area contributed by atoms with Crippen LogP contribution < -0.4 is 10.6 Å². The minimum atomic E-state index is -0.681. The van der Waals surface area contributed by atoms with Crippen molar-refractivity contribution in [2.75, 3.05) is 46.4 Å². The molecule has 7 nitrogen and oxygen atoms in total. The molecule has 1 aromatic rings. The fourth-order valence-electron chi connectivity index (χ4n) is 5.19. The molecule has 2 aliphatic heterocycles. The zero-order valence-electron chi connectivity index (χ0n) is 21.7. The van der Waals surface area contributed by atoms with Gasteiger partial charge in [-0.05, 0) is 50.1 Å². The van der Waals surface area contributed by atoms with Crippen molar-refractivity contribution in [3.63, 3.8) is 0 Å². The molecule has 0 aromatic heterocycles. The second kappa shape index (κ2) is 12.4. The molecule has 7 heteroatoms. The predicted molar refractivity (Wildman–Crippen MR) is 142 cm³/mol. The lowest BCUT2D eigenvalue weighted by atomic mass is 9.73. The van der Waals surface area contributed by atoms with Crippen LogP contribution in [0, 0.1) is 5.41 Å².